The van der Waals surface area contributed by atoms with Crippen molar-refractivity contribution in [2.75, 3.05) is 31.1 Å². The summed E-state index contributed by atoms with van der Waals surface area (Å²) in [7, 11) is 0. The number of carboxylic acids is 1. The molecule has 1 N–H and O–H groups in total. The fourth-order valence-electron chi connectivity index (χ4n) is 3.20. The van der Waals surface area contributed by atoms with Crippen LogP contribution >= 0.6 is 0 Å². The molecule has 19 heavy (non-hydrogen) atoms. The van der Waals surface area contributed by atoms with Crippen molar-refractivity contribution in [3.05, 3.63) is 29.6 Å². The molecule has 0 amide bonds. The van der Waals surface area contributed by atoms with Crippen molar-refractivity contribution in [1.29, 1.82) is 0 Å². The minimum Gasteiger partial charge on any atom is -0.478 e. The van der Waals surface area contributed by atoms with E-state index in [1.165, 1.54) is 24.6 Å². The van der Waals surface area contributed by atoms with E-state index < -0.39 is 11.8 Å². The van der Waals surface area contributed by atoms with Crippen LogP contribution in [0.2, 0.25) is 0 Å². The summed E-state index contributed by atoms with van der Waals surface area (Å²) in [6, 6.07) is 4.70. The molecule has 102 valence electrons. The second-order valence-corrected chi connectivity index (χ2v) is 5.22. The Morgan fingerprint density at radius 2 is 2.16 bits per heavy atom. The van der Waals surface area contributed by atoms with Crippen molar-refractivity contribution < 1.29 is 14.3 Å². The lowest BCUT2D eigenvalue weighted by Crippen LogP contribution is -2.50. The van der Waals surface area contributed by atoms with Gasteiger partial charge in [0.15, 0.2) is 0 Å². The van der Waals surface area contributed by atoms with Crippen molar-refractivity contribution in [2.24, 2.45) is 0 Å². The van der Waals surface area contributed by atoms with Crippen LogP contribution in [0.25, 0.3) is 0 Å². The molecule has 4 nitrogen and oxygen atoms in total. The second-order valence-electron chi connectivity index (χ2n) is 5.22. The Balaban J connectivity index is 1.91. The highest BCUT2D eigenvalue weighted by Gasteiger charge is 2.32. The third kappa shape index (κ3) is 2.18. The van der Waals surface area contributed by atoms with Crippen LogP contribution < -0.4 is 4.90 Å². The normalized spacial score (nSPS) is 23.4. The quantitative estimate of drug-likeness (QED) is 0.884. The van der Waals surface area contributed by atoms with E-state index in [0.29, 0.717) is 12.6 Å². The van der Waals surface area contributed by atoms with Crippen molar-refractivity contribution in [3.63, 3.8) is 0 Å². The van der Waals surface area contributed by atoms with E-state index in [1.54, 1.807) is 0 Å². The summed E-state index contributed by atoms with van der Waals surface area (Å²) in [4.78, 5) is 15.5. The van der Waals surface area contributed by atoms with E-state index in [2.05, 4.69) is 4.90 Å². The fraction of sp³-hybridized carbons (Fsp3) is 0.500. The average molecular weight is 264 g/mol. The van der Waals surface area contributed by atoms with Gasteiger partial charge in [-0.2, -0.15) is 0 Å². The summed E-state index contributed by atoms with van der Waals surface area (Å²) >= 11 is 0. The molecule has 3 rings (SSSR count). The van der Waals surface area contributed by atoms with Crippen molar-refractivity contribution >= 4 is 11.7 Å². The first-order valence-corrected chi connectivity index (χ1v) is 6.67. The van der Waals surface area contributed by atoms with Gasteiger partial charge in [-0.3, -0.25) is 4.90 Å². The van der Waals surface area contributed by atoms with Gasteiger partial charge >= 0.3 is 5.97 Å². The standard InChI is InChI=1S/C14H17FN2O2/c15-12-5-1-4-11(14(18)19)13(12)17-8-7-16-6-2-3-10(16)9-17/h1,4-5,10H,2-3,6-9H2,(H,18,19). The van der Waals surface area contributed by atoms with E-state index in [4.69, 9.17) is 0 Å². The van der Waals surface area contributed by atoms with E-state index in [9.17, 15) is 14.3 Å². The lowest BCUT2D eigenvalue weighted by Gasteiger charge is -2.39. The molecule has 1 atom stereocenters. The van der Waals surface area contributed by atoms with Crippen molar-refractivity contribution in [1.82, 2.24) is 4.90 Å². The molecule has 1 aromatic rings. The third-order valence-corrected chi connectivity index (χ3v) is 4.12. The van der Waals surface area contributed by atoms with Crippen LogP contribution in [-0.2, 0) is 0 Å². The monoisotopic (exact) mass is 264 g/mol. The Kier molecular flexibility index (Phi) is 3.14. The molecule has 5 heteroatoms. The van der Waals surface area contributed by atoms with Gasteiger partial charge in [0.05, 0.1) is 11.3 Å². The average Bonchev–Trinajstić information content (AvgIpc) is 2.85. The number of hydrogen-bond donors (Lipinski definition) is 1. The summed E-state index contributed by atoms with van der Waals surface area (Å²) in [5, 5.41) is 9.20. The predicted molar refractivity (Wildman–Crippen MR) is 70.2 cm³/mol. The van der Waals surface area contributed by atoms with E-state index in [1.807, 2.05) is 4.90 Å². The number of aromatic carboxylic acids is 1. The van der Waals surface area contributed by atoms with Crippen LogP contribution in [-0.4, -0.2) is 48.2 Å². The van der Waals surface area contributed by atoms with Crippen LogP contribution in [0, 0.1) is 5.82 Å². The first-order chi connectivity index (χ1) is 9.16. The Morgan fingerprint density at radius 3 is 2.95 bits per heavy atom. The molecule has 0 radical (unpaired) electrons. The maximum absolute atomic E-state index is 14.0. The van der Waals surface area contributed by atoms with Gasteiger partial charge in [-0.1, -0.05) is 6.07 Å². The molecular formula is C14H17FN2O2. The molecule has 1 aromatic carbocycles. The predicted octanol–water partition coefficient (Wildman–Crippen LogP) is 1.81. The Labute approximate surface area is 111 Å². The zero-order valence-electron chi connectivity index (χ0n) is 10.7. The van der Waals surface area contributed by atoms with Crippen molar-refractivity contribution in [3.8, 4) is 0 Å². The summed E-state index contributed by atoms with van der Waals surface area (Å²) in [6.07, 6.45) is 2.30. The second kappa shape index (κ2) is 4.81. The minimum absolute atomic E-state index is 0.0615. The zero-order chi connectivity index (χ0) is 13.4. The molecule has 0 aliphatic carbocycles. The largest absolute Gasteiger partial charge is 0.478 e. The molecule has 0 bridgehead atoms. The van der Waals surface area contributed by atoms with Gasteiger partial charge in [0.2, 0.25) is 0 Å². The number of carbonyl (C=O) groups is 1. The number of anilines is 1. The molecule has 2 aliphatic heterocycles. The molecule has 2 heterocycles. The summed E-state index contributed by atoms with van der Waals surface area (Å²) in [5.74, 6) is -1.50. The molecule has 2 saturated heterocycles. The Hall–Kier alpha value is -1.62. The highest BCUT2D eigenvalue weighted by Crippen LogP contribution is 2.29. The van der Waals surface area contributed by atoms with E-state index >= 15 is 0 Å². The first-order valence-electron chi connectivity index (χ1n) is 6.67. The zero-order valence-corrected chi connectivity index (χ0v) is 10.7. The third-order valence-electron chi connectivity index (χ3n) is 4.12. The maximum atomic E-state index is 14.0. The number of fused-ring (bicyclic) bond motifs is 1. The highest BCUT2D eigenvalue weighted by molar-refractivity contribution is 5.94. The lowest BCUT2D eigenvalue weighted by atomic mass is 10.1. The highest BCUT2D eigenvalue weighted by atomic mass is 19.1. The van der Waals surface area contributed by atoms with Crippen LogP contribution in [0.4, 0.5) is 10.1 Å². The first kappa shape index (κ1) is 12.4. The minimum atomic E-state index is -1.07. The van der Waals surface area contributed by atoms with Gasteiger partial charge in [-0.05, 0) is 31.5 Å². The number of hydrogen-bond acceptors (Lipinski definition) is 3. The topological polar surface area (TPSA) is 43.8 Å². The van der Waals surface area contributed by atoms with Crippen molar-refractivity contribution in [2.45, 2.75) is 18.9 Å². The number of piperazine rings is 1. The van der Waals surface area contributed by atoms with E-state index in [-0.39, 0.29) is 11.3 Å². The van der Waals surface area contributed by atoms with Crippen LogP contribution in [0.1, 0.15) is 23.2 Å². The number of para-hydroxylation sites is 1. The molecule has 2 aliphatic rings. The maximum Gasteiger partial charge on any atom is 0.337 e. The van der Waals surface area contributed by atoms with Gasteiger partial charge in [0, 0.05) is 25.7 Å². The molecule has 0 saturated carbocycles. The number of nitrogens with zero attached hydrogens (tertiary/aromatic N) is 2. The molecule has 2 fully saturated rings. The van der Waals surface area contributed by atoms with Gasteiger partial charge in [-0.15, -0.1) is 0 Å². The SMILES string of the molecule is O=C(O)c1cccc(F)c1N1CCN2CCCC2C1. The number of carboxylic acid groups (broad SMARTS) is 1. The molecule has 0 aromatic heterocycles. The Bertz CT molecular complexity index is 506. The van der Waals surface area contributed by atoms with Gasteiger partial charge < -0.3 is 10.0 Å². The molecule has 0 spiro atoms. The summed E-state index contributed by atoms with van der Waals surface area (Å²) < 4.78 is 14.0. The fourth-order valence-corrected chi connectivity index (χ4v) is 3.20. The van der Waals surface area contributed by atoms with Gasteiger partial charge in [0.25, 0.3) is 0 Å². The smallest absolute Gasteiger partial charge is 0.337 e. The number of benzene rings is 1. The van der Waals surface area contributed by atoms with Gasteiger partial charge in [-0.25, -0.2) is 9.18 Å². The molecule has 1 unspecified atom stereocenters. The van der Waals surface area contributed by atoms with Crippen LogP contribution in [0.15, 0.2) is 18.2 Å². The van der Waals surface area contributed by atoms with E-state index in [0.717, 1.165) is 26.1 Å². The van der Waals surface area contributed by atoms with Crippen LogP contribution in [0.3, 0.4) is 0 Å². The van der Waals surface area contributed by atoms with Crippen LogP contribution in [0.5, 0.6) is 0 Å². The van der Waals surface area contributed by atoms with Gasteiger partial charge in [0.1, 0.15) is 5.82 Å². The summed E-state index contributed by atoms with van der Waals surface area (Å²) in [6.45, 7) is 3.42. The number of rotatable bonds is 2. The Morgan fingerprint density at radius 1 is 1.32 bits per heavy atom. The lowest BCUT2D eigenvalue weighted by molar-refractivity contribution is 0.0696. The number of halogens is 1. The molecular weight excluding hydrogens is 247 g/mol. The summed E-state index contributed by atoms with van der Waals surface area (Å²) in [5.41, 5.74) is 0.313.